The van der Waals surface area contributed by atoms with E-state index in [0.717, 1.165) is 18.4 Å². The van der Waals surface area contributed by atoms with Gasteiger partial charge in [-0.3, -0.25) is 4.79 Å². The van der Waals surface area contributed by atoms with Gasteiger partial charge in [0.2, 0.25) is 0 Å². The normalized spacial score (nSPS) is 24.2. The van der Waals surface area contributed by atoms with E-state index in [1.807, 2.05) is 6.92 Å². The summed E-state index contributed by atoms with van der Waals surface area (Å²) in [5.41, 5.74) is 1.21. The molecule has 62 valence electrons. The molecule has 0 radical (unpaired) electrons. The number of ketones is 1. The number of Topliss-reactive ketones (excluding diaryl/α,β-unsaturated/α-hetero) is 1. The minimum Gasteiger partial charge on any atom is -0.295 e. The number of halogens is 1. The van der Waals surface area contributed by atoms with Crippen LogP contribution in [0.2, 0.25) is 0 Å². The maximum atomic E-state index is 11.2. The lowest BCUT2D eigenvalue weighted by Crippen LogP contribution is -2.22. The minimum absolute atomic E-state index is 0.235. The Labute approximate surface area is 81.4 Å². The molecule has 0 aromatic heterocycles. The summed E-state index contributed by atoms with van der Waals surface area (Å²) >= 11 is 2.30. The van der Waals surface area contributed by atoms with Crippen LogP contribution in [0.25, 0.3) is 0 Å². The van der Waals surface area contributed by atoms with E-state index in [0.29, 0.717) is 5.78 Å². The van der Waals surface area contributed by atoms with Crippen molar-refractivity contribution < 1.29 is 4.79 Å². The molecule has 0 spiro atoms. The number of hydrogen-bond acceptors (Lipinski definition) is 1. The molecule has 0 N–H and O–H groups in total. The monoisotopic (exact) mass is 264 g/mol. The van der Waals surface area contributed by atoms with Crippen molar-refractivity contribution in [3.63, 3.8) is 0 Å². The zero-order chi connectivity index (χ0) is 8.65. The summed E-state index contributed by atoms with van der Waals surface area (Å²) in [6.45, 7) is 6.33. The third-order valence-corrected chi connectivity index (χ3v) is 4.59. The highest BCUT2D eigenvalue weighted by atomic mass is 127. The van der Waals surface area contributed by atoms with Crippen LogP contribution in [0.1, 0.15) is 33.6 Å². The van der Waals surface area contributed by atoms with E-state index < -0.39 is 0 Å². The molecule has 0 bridgehead atoms. The van der Waals surface area contributed by atoms with Crippen LogP contribution in [0.4, 0.5) is 0 Å². The molecule has 0 saturated carbocycles. The van der Waals surface area contributed by atoms with Gasteiger partial charge in [0.05, 0.1) is 0 Å². The largest absolute Gasteiger partial charge is 0.295 e. The quantitative estimate of drug-likeness (QED) is 0.614. The van der Waals surface area contributed by atoms with Crippen LogP contribution >= 0.6 is 22.6 Å². The van der Waals surface area contributed by atoms with Crippen molar-refractivity contribution in [2.75, 3.05) is 0 Å². The van der Waals surface area contributed by atoms with Crippen LogP contribution in [0.3, 0.4) is 0 Å². The number of rotatable bonds is 0. The molecular weight excluding hydrogens is 251 g/mol. The SMILES string of the molecule is CC1=C(I)C(C)(C)CCC1=O. The predicted molar refractivity (Wildman–Crippen MR) is 54.7 cm³/mol. The van der Waals surface area contributed by atoms with Gasteiger partial charge in [0.1, 0.15) is 0 Å². The van der Waals surface area contributed by atoms with Crippen LogP contribution in [-0.2, 0) is 4.79 Å². The zero-order valence-corrected chi connectivity index (χ0v) is 9.36. The van der Waals surface area contributed by atoms with E-state index in [1.54, 1.807) is 0 Å². The summed E-state index contributed by atoms with van der Waals surface area (Å²) in [5, 5.41) is 0. The highest BCUT2D eigenvalue weighted by Gasteiger charge is 2.30. The molecule has 0 fully saturated rings. The Hall–Kier alpha value is 0.140. The van der Waals surface area contributed by atoms with Gasteiger partial charge in [-0.25, -0.2) is 0 Å². The van der Waals surface area contributed by atoms with E-state index in [-0.39, 0.29) is 5.41 Å². The van der Waals surface area contributed by atoms with E-state index in [1.165, 1.54) is 3.58 Å². The molecule has 0 aromatic carbocycles. The molecule has 0 unspecified atom stereocenters. The second kappa shape index (κ2) is 2.88. The van der Waals surface area contributed by atoms with E-state index in [4.69, 9.17) is 0 Å². The van der Waals surface area contributed by atoms with Gasteiger partial charge in [-0.2, -0.15) is 0 Å². The van der Waals surface area contributed by atoms with E-state index in [9.17, 15) is 4.79 Å². The maximum Gasteiger partial charge on any atom is 0.159 e. The third kappa shape index (κ3) is 1.66. The molecular formula is C9H13IO. The van der Waals surface area contributed by atoms with Crippen LogP contribution in [0.5, 0.6) is 0 Å². The Morgan fingerprint density at radius 2 is 2.00 bits per heavy atom. The summed E-state index contributed by atoms with van der Waals surface area (Å²) in [5.74, 6) is 0.328. The van der Waals surface area contributed by atoms with Gasteiger partial charge in [0.15, 0.2) is 5.78 Å². The topological polar surface area (TPSA) is 17.1 Å². The molecule has 0 aliphatic heterocycles. The Morgan fingerprint density at radius 3 is 2.45 bits per heavy atom. The lowest BCUT2D eigenvalue weighted by atomic mass is 9.79. The molecule has 0 atom stereocenters. The second-order valence-electron chi connectivity index (χ2n) is 3.75. The fourth-order valence-corrected chi connectivity index (χ4v) is 1.92. The summed E-state index contributed by atoms with van der Waals surface area (Å²) in [4.78, 5) is 11.2. The Bertz CT molecular complexity index is 226. The first-order valence-corrected chi connectivity index (χ1v) is 4.93. The smallest absolute Gasteiger partial charge is 0.159 e. The van der Waals surface area contributed by atoms with Gasteiger partial charge >= 0.3 is 0 Å². The van der Waals surface area contributed by atoms with Crippen molar-refractivity contribution in [2.45, 2.75) is 33.6 Å². The van der Waals surface area contributed by atoms with Crippen LogP contribution in [0.15, 0.2) is 9.15 Å². The molecule has 1 rings (SSSR count). The Balaban J connectivity index is 3.07. The lowest BCUT2D eigenvalue weighted by molar-refractivity contribution is -0.116. The predicted octanol–water partition coefficient (Wildman–Crippen LogP) is 3.08. The fraction of sp³-hybridized carbons (Fsp3) is 0.667. The van der Waals surface area contributed by atoms with Gasteiger partial charge in [-0.1, -0.05) is 13.8 Å². The van der Waals surface area contributed by atoms with Gasteiger partial charge < -0.3 is 0 Å². The molecule has 0 saturated heterocycles. The number of allylic oxidation sites excluding steroid dienone is 2. The molecule has 0 amide bonds. The summed E-state index contributed by atoms with van der Waals surface area (Å²) in [7, 11) is 0. The summed E-state index contributed by atoms with van der Waals surface area (Å²) in [6, 6.07) is 0. The molecule has 0 aromatic rings. The van der Waals surface area contributed by atoms with Gasteiger partial charge in [0.25, 0.3) is 0 Å². The van der Waals surface area contributed by atoms with Gasteiger partial charge in [-0.05, 0) is 41.4 Å². The standard InChI is InChI=1S/C9H13IO/c1-6-7(11)4-5-9(2,3)8(6)10/h4-5H2,1-3H3. The van der Waals surface area contributed by atoms with Crippen LogP contribution in [0, 0.1) is 5.41 Å². The molecule has 11 heavy (non-hydrogen) atoms. The maximum absolute atomic E-state index is 11.2. The van der Waals surface area contributed by atoms with Gasteiger partial charge in [0, 0.05) is 15.6 Å². The molecule has 2 heteroatoms. The van der Waals surface area contributed by atoms with Crippen LogP contribution < -0.4 is 0 Å². The molecule has 1 aliphatic rings. The van der Waals surface area contributed by atoms with E-state index in [2.05, 4.69) is 36.4 Å². The van der Waals surface area contributed by atoms with Crippen molar-refractivity contribution in [3.8, 4) is 0 Å². The van der Waals surface area contributed by atoms with Crippen molar-refractivity contribution >= 4 is 28.4 Å². The summed E-state index contributed by atoms with van der Waals surface area (Å²) < 4.78 is 1.24. The van der Waals surface area contributed by atoms with E-state index >= 15 is 0 Å². The second-order valence-corrected chi connectivity index (χ2v) is 4.82. The first kappa shape index (κ1) is 9.23. The van der Waals surface area contributed by atoms with Crippen molar-refractivity contribution in [1.82, 2.24) is 0 Å². The minimum atomic E-state index is 0.235. The van der Waals surface area contributed by atoms with Crippen LogP contribution in [-0.4, -0.2) is 5.78 Å². The molecule has 1 aliphatic carbocycles. The Kier molecular flexibility index (Phi) is 2.42. The summed E-state index contributed by atoms with van der Waals surface area (Å²) in [6.07, 6.45) is 1.73. The zero-order valence-electron chi connectivity index (χ0n) is 7.20. The molecule has 1 nitrogen and oxygen atoms in total. The average Bonchev–Trinajstić information content (AvgIpc) is 1.95. The molecule has 0 heterocycles. The average molecular weight is 264 g/mol. The Morgan fingerprint density at radius 1 is 1.45 bits per heavy atom. The highest BCUT2D eigenvalue weighted by Crippen LogP contribution is 2.42. The van der Waals surface area contributed by atoms with Crippen molar-refractivity contribution in [1.29, 1.82) is 0 Å². The lowest BCUT2D eigenvalue weighted by Gasteiger charge is -2.29. The van der Waals surface area contributed by atoms with Crippen molar-refractivity contribution in [2.24, 2.45) is 5.41 Å². The number of carbonyl (C=O) groups excluding carboxylic acids is 1. The first-order chi connectivity index (χ1) is 4.95. The third-order valence-electron chi connectivity index (χ3n) is 2.32. The van der Waals surface area contributed by atoms with Crippen molar-refractivity contribution in [3.05, 3.63) is 9.15 Å². The first-order valence-electron chi connectivity index (χ1n) is 3.85. The number of carbonyl (C=O) groups is 1. The number of hydrogen-bond donors (Lipinski definition) is 0. The van der Waals surface area contributed by atoms with Gasteiger partial charge in [-0.15, -0.1) is 0 Å². The highest BCUT2D eigenvalue weighted by molar-refractivity contribution is 14.1. The fourth-order valence-electron chi connectivity index (χ4n) is 1.35.